The zero-order valence-electron chi connectivity index (χ0n) is 20.8. The molecule has 0 spiro atoms. The number of hydrogen-bond donors (Lipinski definition) is 1. The van der Waals surface area contributed by atoms with Crippen LogP contribution in [-0.2, 0) is 16.0 Å². The van der Waals surface area contributed by atoms with E-state index in [4.69, 9.17) is 16.3 Å². The molecule has 6 heteroatoms. The number of carbonyl (C=O) groups is 2. The fourth-order valence-corrected chi connectivity index (χ4v) is 4.64. The van der Waals surface area contributed by atoms with Crippen molar-refractivity contribution in [3.63, 3.8) is 0 Å². The van der Waals surface area contributed by atoms with Crippen molar-refractivity contribution in [1.29, 1.82) is 0 Å². The van der Waals surface area contributed by atoms with Gasteiger partial charge in [0.05, 0.1) is 6.54 Å². The molecule has 0 atom stereocenters. The summed E-state index contributed by atoms with van der Waals surface area (Å²) in [6.45, 7) is 6.58. The number of benzene rings is 2. The molecule has 0 aromatic heterocycles. The Bertz CT molecular complexity index is 943. The van der Waals surface area contributed by atoms with E-state index in [9.17, 15) is 9.59 Å². The number of hydrogen-bond acceptors (Lipinski definition) is 4. The van der Waals surface area contributed by atoms with Crippen LogP contribution in [-0.4, -0.2) is 48.6 Å². The monoisotopic (exact) mass is 484 g/mol. The van der Waals surface area contributed by atoms with Gasteiger partial charge in [0.15, 0.2) is 0 Å². The lowest BCUT2D eigenvalue weighted by Gasteiger charge is -2.35. The lowest BCUT2D eigenvalue weighted by atomic mass is 9.81. The SMILES string of the molecule is CN(C(=O)c1ccc(Cl)cc1)[C@H]1CC[C@H](c2ccc(CCNCC(=O)OC(C)(C)C)cc2)CC1. The summed E-state index contributed by atoms with van der Waals surface area (Å²) in [7, 11) is 1.91. The van der Waals surface area contributed by atoms with E-state index in [1.807, 2.05) is 32.7 Å². The molecule has 3 rings (SSSR count). The zero-order chi connectivity index (χ0) is 24.7. The summed E-state index contributed by atoms with van der Waals surface area (Å²) < 4.78 is 5.31. The third-order valence-corrected chi connectivity index (χ3v) is 6.64. The number of nitrogens with zero attached hydrogens (tertiary/aromatic N) is 1. The maximum Gasteiger partial charge on any atom is 0.320 e. The van der Waals surface area contributed by atoms with Crippen molar-refractivity contribution in [3.05, 3.63) is 70.2 Å². The summed E-state index contributed by atoms with van der Waals surface area (Å²) in [5.74, 6) is 0.373. The molecule has 0 unspecified atom stereocenters. The van der Waals surface area contributed by atoms with Gasteiger partial charge in [-0.25, -0.2) is 0 Å². The number of carbonyl (C=O) groups excluding carboxylic acids is 2. The minimum atomic E-state index is -0.449. The van der Waals surface area contributed by atoms with Crippen molar-refractivity contribution in [2.24, 2.45) is 0 Å². The Morgan fingerprint density at radius 3 is 2.21 bits per heavy atom. The van der Waals surface area contributed by atoms with Gasteiger partial charge in [0.2, 0.25) is 0 Å². The summed E-state index contributed by atoms with van der Waals surface area (Å²) >= 11 is 5.95. The van der Waals surface area contributed by atoms with Crippen molar-refractivity contribution in [2.45, 2.75) is 70.4 Å². The predicted molar refractivity (Wildman–Crippen MR) is 137 cm³/mol. The molecule has 1 N–H and O–H groups in total. The van der Waals surface area contributed by atoms with Gasteiger partial charge in [-0.2, -0.15) is 0 Å². The van der Waals surface area contributed by atoms with E-state index in [2.05, 4.69) is 29.6 Å². The topological polar surface area (TPSA) is 58.6 Å². The summed E-state index contributed by atoms with van der Waals surface area (Å²) in [4.78, 5) is 26.5. The summed E-state index contributed by atoms with van der Waals surface area (Å²) in [6, 6.07) is 16.2. The van der Waals surface area contributed by atoms with Crippen molar-refractivity contribution < 1.29 is 14.3 Å². The predicted octanol–water partition coefficient (Wildman–Crippen LogP) is 5.61. The van der Waals surface area contributed by atoms with Gasteiger partial charge in [-0.1, -0.05) is 35.9 Å². The molecule has 1 fully saturated rings. The Morgan fingerprint density at radius 1 is 1.00 bits per heavy atom. The smallest absolute Gasteiger partial charge is 0.320 e. The van der Waals surface area contributed by atoms with Gasteiger partial charge < -0.3 is 15.0 Å². The highest BCUT2D eigenvalue weighted by atomic mass is 35.5. The van der Waals surface area contributed by atoms with Gasteiger partial charge >= 0.3 is 5.97 Å². The molecule has 0 radical (unpaired) electrons. The summed E-state index contributed by atoms with van der Waals surface area (Å²) in [5.41, 5.74) is 2.86. The van der Waals surface area contributed by atoms with Gasteiger partial charge in [-0.3, -0.25) is 9.59 Å². The van der Waals surface area contributed by atoms with Crippen LogP contribution < -0.4 is 5.32 Å². The molecule has 1 saturated carbocycles. The third-order valence-electron chi connectivity index (χ3n) is 6.39. The highest BCUT2D eigenvalue weighted by Gasteiger charge is 2.27. The van der Waals surface area contributed by atoms with Crippen LogP contribution in [0.5, 0.6) is 0 Å². The number of rotatable bonds is 8. The van der Waals surface area contributed by atoms with Gasteiger partial charge in [0.1, 0.15) is 5.60 Å². The molecule has 0 bridgehead atoms. The highest BCUT2D eigenvalue weighted by molar-refractivity contribution is 6.30. The van der Waals surface area contributed by atoms with E-state index in [-0.39, 0.29) is 24.5 Å². The molecule has 2 aromatic carbocycles. The van der Waals surface area contributed by atoms with E-state index >= 15 is 0 Å². The van der Waals surface area contributed by atoms with Gasteiger partial charge in [0.25, 0.3) is 5.91 Å². The lowest BCUT2D eigenvalue weighted by molar-refractivity contribution is -0.153. The lowest BCUT2D eigenvalue weighted by Crippen LogP contribution is -2.39. The maximum absolute atomic E-state index is 12.8. The van der Waals surface area contributed by atoms with Crippen molar-refractivity contribution in [3.8, 4) is 0 Å². The second kappa shape index (κ2) is 11.9. The molecule has 1 aliphatic carbocycles. The molecule has 1 amide bonds. The average molecular weight is 485 g/mol. The van der Waals surface area contributed by atoms with Crippen molar-refractivity contribution >= 4 is 23.5 Å². The zero-order valence-corrected chi connectivity index (χ0v) is 21.5. The van der Waals surface area contributed by atoms with E-state index in [0.29, 0.717) is 16.5 Å². The number of nitrogens with one attached hydrogen (secondary N) is 1. The molecule has 0 saturated heterocycles. The molecule has 1 aliphatic rings. The molecule has 34 heavy (non-hydrogen) atoms. The standard InChI is InChI=1S/C28H37ClN2O3/c1-28(2,3)34-26(32)19-30-18-17-20-5-7-21(8-6-20)22-11-15-25(16-12-22)31(4)27(33)23-9-13-24(29)14-10-23/h5-10,13-14,22,25,30H,11-12,15-19H2,1-4H3/t22-,25-. The van der Waals surface area contributed by atoms with Crippen LogP contribution in [0.1, 0.15) is 73.9 Å². The fraction of sp³-hybridized carbons (Fsp3) is 0.500. The second-order valence-corrected chi connectivity index (χ2v) is 10.6. The van der Waals surface area contributed by atoms with Crippen LogP contribution in [0.2, 0.25) is 5.02 Å². The quantitative estimate of drug-likeness (QED) is 0.390. The van der Waals surface area contributed by atoms with Gasteiger partial charge in [-0.15, -0.1) is 0 Å². The first-order chi connectivity index (χ1) is 16.1. The van der Waals surface area contributed by atoms with E-state index < -0.39 is 5.60 Å². The molecular weight excluding hydrogens is 448 g/mol. The van der Waals surface area contributed by atoms with Crippen LogP contribution in [0.25, 0.3) is 0 Å². The minimum absolute atomic E-state index is 0.0600. The third kappa shape index (κ3) is 7.85. The van der Waals surface area contributed by atoms with Crippen LogP contribution in [0.4, 0.5) is 0 Å². The Morgan fingerprint density at radius 2 is 1.62 bits per heavy atom. The number of ether oxygens (including phenoxy) is 1. The summed E-state index contributed by atoms with van der Waals surface area (Å²) in [5, 5.41) is 3.80. The molecule has 0 heterocycles. The number of amides is 1. The number of esters is 1. The molecule has 2 aromatic rings. The minimum Gasteiger partial charge on any atom is -0.459 e. The van der Waals surface area contributed by atoms with E-state index in [1.165, 1.54) is 11.1 Å². The molecule has 184 valence electrons. The Kier molecular flexibility index (Phi) is 9.15. The first kappa shape index (κ1) is 26.2. The first-order valence-electron chi connectivity index (χ1n) is 12.2. The van der Waals surface area contributed by atoms with Crippen molar-refractivity contribution in [1.82, 2.24) is 10.2 Å². The van der Waals surface area contributed by atoms with Crippen LogP contribution in [0, 0.1) is 0 Å². The maximum atomic E-state index is 12.8. The van der Waals surface area contributed by atoms with Gasteiger partial charge in [-0.05, 0) is 101 Å². The average Bonchev–Trinajstić information content (AvgIpc) is 2.81. The van der Waals surface area contributed by atoms with E-state index in [1.54, 1.807) is 24.3 Å². The van der Waals surface area contributed by atoms with Crippen LogP contribution >= 0.6 is 11.6 Å². The van der Waals surface area contributed by atoms with Crippen LogP contribution in [0.3, 0.4) is 0 Å². The Hall–Kier alpha value is -2.37. The summed E-state index contributed by atoms with van der Waals surface area (Å²) in [6.07, 6.45) is 5.06. The molecule has 0 aliphatic heterocycles. The molecule has 5 nitrogen and oxygen atoms in total. The normalized spacial score (nSPS) is 18.4. The van der Waals surface area contributed by atoms with Crippen LogP contribution in [0.15, 0.2) is 48.5 Å². The van der Waals surface area contributed by atoms with Crippen molar-refractivity contribution in [2.75, 3.05) is 20.1 Å². The molecular formula is C28H37ClN2O3. The fourth-order valence-electron chi connectivity index (χ4n) is 4.52. The van der Waals surface area contributed by atoms with Gasteiger partial charge in [0, 0.05) is 23.7 Å². The number of halogens is 1. The first-order valence-corrected chi connectivity index (χ1v) is 12.5. The Balaban J connectivity index is 1.42. The second-order valence-electron chi connectivity index (χ2n) is 10.2. The van der Waals surface area contributed by atoms with E-state index in [0.717, 1.165) is 38.6 Å². The highest BCUT2D eigenvalue weighted by Crippen LogP contribution is 2.35. The Labute approximate surface area is 208 Å². The largest absolute Gasteiger partial charge is 0.459 e.